The summed E-state index contributed by atoms with van der Waals surface area (Å²) in [6, 6.07) is 3.08. The first-order valence-corrected chi connectivity index (χ1v) is 10.0. The number of nitrogens with zero attached hydrogens (tertiary/aromatic N) is 3. The van der Waals surface area contributed by atoms with E-state index in [1.807, 2.05) is 4.90 Å². The van der Waals surface area contributed by atoms with Crippen molar-refractivity contribution in [1.82, 2.24) is 14.2 Å². The van der Waals surface area contributed by atoms with E-state index >= 15 is 0 Å². The van der Waals surface area contributed by atoms with Gasteiger partial charge in [-0.05, 0) is 43.2 Å². The summed E-state index contributed by atoms with van der Waals surface area (Å²) in [5.74, 6) is 0.830. The molecule has 0 spiro atoms. The Kier molecular flexibility index (Phi) is 4.92. The van der Waals surface area contributed by atoms with Crippen molar-refractivity contribution in [1.29, 1.82) is 0 Å². The molecular weight excluding hydrogens is 326 g/mol. The molecule has 2 aliphatic rings. The lowest BCUT2D eigenvalue weighted by atomic mass is 9.92. The van der Waals surface area contributed by atoms with Gasteiger partial charge in [-0.15, -0.1) is 0 Å². The molecular formula is C17H25N3O3S. The Morgan fingerprint density at radius 1 is 1.29 bits per heavy atom. The fourth-order valence-electron chi connectivity index (χ4n) is 3.51. The molecule has 3 rings (SSSR count). The predicted octanol–water partition coefficient (Wildman–Crippen LogP) is 1.74. The summed E-state index contributed by atoms with van der Waals surface area (Å²) >= 11 is 0. The zero-order valence-electron chi connectivity index (χ0n) is 14.3. The molecule has 1 saturated heterocycles. The van der Waals surface area contributed by atoms with Gasteiger partial charge in [0.2, 0.25) is 15.9 Å². The average Bonchev–Trinajstić information content (AvgIpc) is 3.36. The largest absolute Gasteiger partial charge is 0.341 e. The predicted molar refractivity (Wildman–Crippen MR) is 90.7 cm³/mol. The second-order valence-corrected chi connectivity index (χ2v) is 9.11. The molecule has 2 fully saturated rings. The molecule has 0 bridgehead atoms. The highest BCUT2D eigenvalue weighted by Crippen LogP contribution is 2.32. The number of rotatable bonds is 5. The first-order valence-electron chi connectivity index (χ1n) is 8.57. The van der Waals surface area contributed by atoms with Crippen LogP contribution < -0.4 is 0 Å². The molecule has 24 heavy (non-hydrogen) atoms. The molecule has 7 heteroatoms. The van der Waals surface area contributed by atoms with E-state index in [9.17, 15) is 13.2 Å². The zero-order valence-corrected chi connectivity index (χ0v) is 15.1. The standard InChI is InChI=1S/C17H25N3O3S/c1-13-8-14(2)11-19(10-13)17(21)12-20(15-5-6-15)24(22,23)16-4-3-7-18-9-16/h3-4,7,9,13-15H,5-6,8,10-12H2,1-2H3. The molecule has 132 valence electrons. The van der Waals surface area contributed by atoms with Crippen LogP contribution in [0.2, 0.25) is 0 Å². The smallest absolute Gasteiger partial charge is 0.245 e. The topological polar surface area (TPSA) is 70.6 Å². The van der Waals surface area contributed by atoms with E-state index in [1.165, 1.54) is 16.6 Å². The minimum absolute atomic E-state index is 0.0567. The first kappa shape index (κ1) is 17.4. The molecule has 1 aliphatic carbocycles. The van der Waals surface area contributed by atoms with E-state index in [4.69, 9.17) is 0 Å². The molecule has 0 N–H and O–H groups in total. The van der Waals surface area contributed by atoms with E-state index in [2.05, 4.69) is 18.8 Å². The molecule has 1 amide bonds. The molecule has 2 heterocycles. The van der Waals surface area contributed by atoms with Crippen molar-refractivity contribution < 1.29 is 13.2 Å². The highest BCUT2D eigenvalue weighted by atomic mass is 32.2. The number of piperidine rings is 1. The van der Waals surface area contributed by atoms with Crippen LogP contribution in [0, 0.1) is 11.8 Å². The molecule has 0 aromatic carbocycles. The third-order valence-corrected chi connectivity index (χ3v) is 6.59. The van der Waals surface area contributed by atoms with E-state index in [0.717, 1.165) is 19.3 Å². The van der Waals surface area contributed by atoms with Crippen LogP contribution in [-0.4, -0.2) is 54.2 Å². The van der Waals surface area contributed by atoms with Crippen molar-refractivity contribution in [3.63, 3.8) is 0 Å². The third kappa shape index (κ3) is 3.78. The summed E-state index contributed by atoms with van der Waals surface area (Å²) in [6.07, 6.45) is 5.64. The summed E-state index contributed by atoms with van der Waals surface area (Å²) in [6.45, 7) is 5.65. The maximum atomic E-state index is 12.9. The Bertz CT molecular complexity index is 678. The number of amides is 1. The van der Waals surface area contributed by atoms with Gasteiger partial charge in [-0.1, -0.05) is 13.8 Å². The minimum atomic E-state index is -3.68. The van der Waals surface area contributed by atoms with Crippen LogP contribution in [0.15, 0.2) is 29.4 Å². The van der Waals surface area contributed by atoms with Gasteiger partial charge in [0.25, 0.3) is 0 Å². The van der Waals surface area contributed by atoms with Crippen molar-refractivity contribution in [2.24, 2.45) is 11.8 Å². The Balaban J connectivity index is 1.76. The second-order valence-electron chi connectivity index (χ2n) is 7.21. The van der Waals surface area contributed by atoms with Crippen molar-refractivity contribution >= 4 is 15.9 Å². The van der Waals surface area contributed by atoms with Gasteiger partial charge in [0.05, 0.1) is 6.54 Å². The number of sulfonamides is 1. The summed E-state index contributed by atoms with van der Waals surface area (Å²) in [5, 5.41) is 0. The van der Waals surface area contributed by atoms with Gasteiger partial charge >= 0.3 is 0 Å². The monoisotopic (exact) mass is 351 g/mol. The van der Waals surface area contributed by atoms with Gasteiger partial charge < -0.3 is 4.90 Å². The van der Waals surface area contributed by atoms with Gasteiger partial charge in [-0.25, -0.2) is 8.42 Å². The summed E-state index contributed by atoms with van der Waals surface area (Å²) in [4.78, 5) is 18.6. The van der Waals surface area contributed by atoms with Crippen LogP contribution in [0.5, 0.6) is 0 Å². The van der Waals surface area contributed by atoms with Gasteiger partial charge in [0.15, 0.2) is 0 Å². The number of hydrogen-bond donors (Lipinski definition) is 0. The highest BCUT2D eigenvalue weighted by Gasteiger charge is 2.40. The number of hydrogen-bond acceptors (Lipinski definition) is 4. The fraction of sp³-hybridized carbons (Fsp3) is 0.647. The number of pyridine rings is 1. The quantitative estimate of drug-likeness (QED) is 0.810. The van der Waals surface area contributed by atoms with Crippen LogP contribution in [0.4, 0.5) is 0 Å². The maximum Gasteiger partial charge on any atom is 0.245 e. The summed E-state index contributed by atoms with van der Waals surface area (Å²) in [7, 11) is -3.68. The van der Waals surface area contributed by atoms with Crippen molar-refractivity contribution in [2.75, 3.05) is 19.6 Å². The number of carbonyl (C=O) groups is 1. The minimum Gasteiger partial charge on any atom is -0.341 e. The molecule has 2 atom stereocenters. The van der Waals surface area contributed by atoms with Crippen molar-refractivity contribution in [3.8, 4) is 0 Å². The lowest BCUT2D eigenvalue weighted by Crippen LogP contribution is -2.48. The normalized spacial score (nSPS) is 25.0. The fourth-order valence-corrected chi connectivity index (χ4v) is 5.11. The van der Waals surface area contributed by atoms with Crippen LogP contribution in [-0.2, 0) is 14.8 Å². The van der Waals surface area contributed by atoms with E-state index < -0.39 is 10.0 Å². The molecule has 2 unspecified atom stereocenters. The third-order valence-electron chi connectivity index (χ3n) is 4.71. The Morgan fingerprint density at radius 3 is 2.50 bits per heavy atom. The molecule has 1 aliphatic heterocycles. The first-order chi connectivity index (χ1) is 11.4. The van der Waals surface area contributed by atoms with Gasteiger partial charge in [-0.3, -0.25) is 9.78 Å². The van der Waals surface area contributed by atoms with Crippen LogP contribution in [0.3, 0.4) is 0 Å². The Hall–Kier alpha value is -1.47. The second kappa shape index (κ2) is 6.80. The molecule has 1 aromatic rings. The van der Waals surface area contributed by atoms with Crippen molar-refractivity contribution in [2.45, 2.75) is 44.0 Å². The molecule has 1 saturated carbocycles. The maximum absolute atomic E-state index is 12.9. The zero-order chi connectivity index (χ0) is 17.3. The van der Waals surface area contributed by atoms with E-state index in [-0.39, 0.29) is 23.4 Å². The van der Waals surface area contributed by atoms with Crippen LogP contribution in [0.1, 0.15) is 33.1 Å². The molecule has 1 aromatic heterocycles. The highest BCUT2D eigenvalue weighted by molar-refractivity contribution is 7.89. The van der Waals surface area contributed by atoms with E-state index in [1.54, 1.807) is 12.3 Å². The van der Waals surface area contributed by atoms with Gasteiger partial charge in [0, 0.05) is 31.5 Å². The SMILES string of the molecule is CC1CC(C)CN(C(=O)CN(C2CC2)S(=O)(=O)c2cccnc2)C1. The lowest BCUT2D eigenvalue weighted by Gasteiger charge is -2.36. The number of aromatic nitrogens is 1. The van der Waals surface area contributed by atoms with Gasteiger partial charge in [-0.2, -0.15) is 4.31 Å². The van der Waals surface area contributed by atoms with Gasteiger partial charge in [0.1, 0.15) is 4.90 Å². The molecule has 6 nitrogen and oxygen atoms in total. The van der Waals surface area contributed by atoms with E-state index in [0.29, 0.717) is 24.9 Å². The number of likely N-dealkylation sites (tertiary alicyclic amines) is 1. The summed E-state index contributed by atoms with van der Waals surface area (Å²) in [5.41, 5.74) is 0. The summed E-state index contributed by atoms with van der Waals surface area (Å²) < 4.78 is 27.1. The average molecular weight is 351 g/mol. The Labute approximate surface area is 143 Å². The lowest BCUT2D eigenvalue weighted by molar-refractivity contribution is -0.134. The Morgan fingerprint density at radius 2 is 1.96 bits per heavy atom. The number of carbonyl (C=O) groups excluding carboxylic acids is 1. The van der Waals surface area contributed by atoms with Crippen molar-refractivity contribution in [3.05, 3.63) is 24.5 Å². The van der Waals surface area contributed by atoms with Crippen LogP contribution in [0.25, 0.3) is 0 Å². The molecule has 0 radical (unpaired) electrons. The van der Waals surface area contributed by atoms with Crippen LogP contribution >= 0.6 is 0 Å².